The van der Waals surface area contributed by atoms with E-state index in [9.17, 15) is 13.2 Å². The molecular formula is C25H27ClN2O4S. The lowest BCUT2D eigenvalue weighted by Crippen LogP contribution is -2.45. The van der Waals surface area contributed by atoms with E-state index in [0.29, 0.717) is 18.0 Å². The first-order chi connectivity index (χ1) is 15.7. The summed E-state index contributed by atoms with van der Waals surface area (Å²) in [6, 6.07) is 18.1. The Labute approximate surface area is 200 Å². The average molecular weight is 487 g/mol. The predicted molar refractivity (Wildman–Crippen MR) is 131 cm³/mol. The van der Waals surface area contributed by atoms with E-state index in [1.807, 2.05) is 69.3 Å². The number of carbonyl (C=O) groups excluding carboxylic acids is 1. The average Bonchev–Trinajstić information content (AvgIpc) is 2.78. The number of halogens is 1. The summed E-state index contributed by atoms with van der Waals surface area (Å²) in [6.45, 7) is 6.00. The molecule has 1 amide bonds. The van der Waals surface area contributed by atoms with Crippen molar-refractivity contribution in [2.75, 3.05) is 11.9 Å². The van der Waals surface area contributed by atoms with Crippen LogP contribution in [0.4, 0.5) is 5.69 Å². The Kier molecular flexibility index (Phi) is 8.13. The van der Waals surface area contributed by atoms with E-state index < -0.39 is 22.0 Å². The van der Waals surface area contributed by atoms with Crippen molar-refractivity contribution in [2.24, 2.45) is 0 Å². The smallest absolute Gasteiger partial charge is 0.242 e. The second-order valence-corrected chi connectivity index (χ2v) is 9.77. The predicted octanol–water partition coefficient (Wildman–Crippen LogP) is 4.88. The monoisotopic (exact) mass is 486 g/mol. The van der Waals surface area contributed by atoms with Gasteiger partial charge in [-0.25, -0.2) is 8.42 Å². The van der Waals surface area contributed by atoms with Gasteiger partial charge in [0.1, 0.15) is 11.8 Å². The maximum absolute atomic E-state index is 13.3. The van der Waals surface area contributed by atoms with Gasteiger partial charge in [0, 0.05) is 5.69 Å². The van der Waals surface area contributed by atoms with Gasteiger partial charge in [-0.05, 0) is 62.1 Å². The number of rotatable bonds is 9. The van der Waals surface area contributed by atoms with Crippen molar-refractivity contribution in [3.8, 4) is 5.75 Å². The van der Waals surface area contributed by atoms with Crippen LogP contribution in [-0.4, -0.2) is 27.0 Å². The van der Waals surface area contributed by atoms with Crippen molar-refractivity contribution >= 4 is 33.2 Å². The first-order valence-electron chi connectivity index (χ1n) is 10.6. The number of benzene rings is 3. The molecule has 8 heteroatoms. The number of ether oxygens (including phenoxy) is 1. The van der Waals surface area contributed by atoms with Crippen LogP contribution in [0.3, 0.4) is 0 Å². The zero-order valence-electron chi connectivity index (χ0n) is 18.8. The highest BCUT2D eigenvalue weighted by atomic mass is 35.5. The Morgan fingerprint density at radius 2 is 1.67 bits per heavy atom. The molecule has 0 saturated carbocycles. The summed E-state index contributed by atoms with van der Waals surface area (Å²) in [6.07, 6.45) is 0.182. The van der Waals surface area contributed by atoms with Crippen LogP contribution in [0.1, 0.15) is 23.6 Å². The van der Waals surface area contributed by atoms with Gasteiger partial charge in [0.25, 0.3) is 0 Å². The van der Waals surface area contributed by atoms with Crippen LogP contribution in [0.25, 0.3) is 0 Å². The third-order valence-corrected chi connectivity index (χ3v) is 6.90. The van der Waals surface area contributed by atoms with Gasteiger partial charge in [-0.15, -0.1) is 0 Å². The van der Waals surface area contributed by atoms with E-state index in [1.54, 1.807) is 0 Å². The number of sulfonamides is 1. The Balaban J connectivity index is 1.90. The SMILES string of the molecule is CCOc1ccc(S(=O)(=O)N[C@H](Cc2ccccc2)C(=O)Nc2c(C)cccc2C)cc1Cl. The lowest BCUT2D eigenvalue weighted by atomic mass is 10.0. The summed E-state index contributed by atoms with van der Waals surface area (Å²) in [5.74, 6) is -0.0522. The first-order valence-corrected chi connectivity index (χ1v) is 12.4. The number of nitrogens with one attached hydrogen (secondary N) is 2. The molecule has 0 heterocycles. The van der Waals surface area contributed by atoms with E-state index in [-0.39, 0.29) is 16.3 Å². The number of para-hydroxylation sites is 1. The molecule has 0 saturated heterocycles. The summed E-state index contributed by atoms with van der Waals surface area (Å²) in [5, 5.41) is 3.08. The Bertz CT molecular complexity index is 1210. The van der Waals surface area contributed by atoms with Crippen LogP contribution < -0.4 is 14.8 Å². The molecule has 0 aromatic heterocycles. The number of hydrogen-bond donors (Lipinski definition) is 2. The highest BCUT2D eigenvalue weighted by Gasteiger charge is 2.27. The van der Waals surface area contributed by atoms with E-state index in [4.69, 9.17) is 16.3 Å². The topological polar surface area (TPSA) is 84.5 Å². The molecule has 6 nitrogen and oxygen atoms in total. The van der Waals surface area contributed by atoms with Crippen LogP contribution in [0.5, 0.6) is 5.75 Å². The number of aryl methyl sites for hydroxylation is 2. The molecular weight excluding hydrogens is 460 g/mol. The van der Waals surface area contributed by atoms with Crippen LogP contribution in [0.15, 0.2) is 71.6 Å². The minimum absolute atomic E-state index is 0.0473. The van der Waals surface area contributed by atoms with Crippen molar-refractivity contribution in [3.63, 3.8) is 0 Å². The fourth-order valence-corrected chi connectivity index (χ4v) is 4.96. The molecule has 0 radical (unpaired) electrons. The quantitative estimate of drug-likeness (QED) is 0.451. The lowest BCUT2D eigenvalue weighted by Gasteiger charge is -2.20. The number of hydrogen-bond acceptors (Lipinski definition) is 4. The Hall–Kier alpha value is -2.87. The molecule has 0 aliphatic carbocycles. The van der Waals surface area contributed by atoms with Crippen LogP contribution in [0.2, 0.25) is 5.02 Å². The van der Waals surface area contributed by atoms with Crippen molar-refractivity contribution in [1.82, 2.24) is 4.72 Å². The molecule has 0 bridgehead atoms. The molecule has 33 heavy (non-hydrogen) atoms. The highest BCUT2D eigenvalue weighted by Crippen LogP contribution is 2.27. The molecule has 1 atom stereocenters. The molecule has 0 aliphatic rings. The minimum Gasteiger partial charge on any atom is -0.492 e. The summed E-state index contributed by atoms with van der Waals surface area (Å²) in [7, 11) is -4.04. The van der Waals surface area contributed by atoms with Gasteiger partial charge in [-0.2, -0.15) is 4.72 Å². The Morgan fingerprint density at radius 1 is 1.00 bits per heavy atom. The zero-order chi connectivity index (χ0) is 24.0. The molecule has 3 aromatic rings. The van der Waals surface area contributed by atoms with E-state index >= 15 is 0 Å². The third kappa shape index (κ3) is 6.35. The van der Waals surface area contributed by atoms with Crippen molar-refractivity contribution in [1.29, 1.82) is 0 Å². The maximum Gasteiger partial charge on any atom is 0.242 e. The third-order valence-electron chi connectivity index (χ3n) is 5.14. The second-order valence-electron chi connectivity index (χ2n) is 7.64. The fraction of sp³-hybridized carbons (Fsp3) is 0.240. The number of anilines is 1. The number of carbonyl (C=O) groups is 1. The second kappa shape index (κ2) is 10.8. The van der Waals surface area contributed by atoms with Gasteiger partial charge in [-0.3, -0.25) is 4.79 Å². The van der Waals surface area contributed by atoms with E-state index in [1.165, 1.54) is 18.2 Å². The first kappa shape index (κ1) is 24.8. The normalized spacial score (nSPS) is 12.2. The van der Waals surface area contributed by atoms with Gasteiger partial charge in [0.05, 0.1) is 16.5 Å². The maximum atomic E-state index is 13.3. The zero-order valence-corrected chi connectivity index (χ0v) is 20.3. The fourth-order valence-electron chi connectivity index (χ4n) is 3.44. The Morgan fingerprint density at radius 3 is 2.27 bits per heavy atom. The molecule has 3 aromatic carbocycles. The standard InChI is InChI=1S/C25H27ClN2O4S/c1-4-32-23-14-13-20(16-21(23)26)33(30,31)28-22(15-19-11-6-5-7-12-19)25(29)27-24-17(2)9-8-10-18(24)3/h5-14,16,22,28H,4,15H2,1-3H3,(H,27,29)/t22-/m1/s1. The van der Waals surface area contributed by atoms with E-state index in [2.05, 4.69) is 10.0 Å². The van der Waals surface area contributed by atoms with Gasteiger partial charge >= 0.3 is 0 Å². The minimum atomic E-state index is -4.04. The molecule has 174 valence electrons. The molecule has 2 N–H and O–H groups in total. The summed E-state index contributed by atoms with van der Waals surface area (Å²) >= 11 is 6.19. The summed E-state index contributed by atoms with van der Waals surface area (Å²) < 4.78 is 34.2. The lowest BCUT2D eigenvalue weighted by molar-refractivity contribution is -0.117. The van der Waals surface area contributed by atoms with Gasteiger partial charge in [0.15, 0.2) is 0 Å². The summed E-state index contributed by atoms with van der Waals surface area (Å²) in [5.41, 5.74) is 3.28. The molecule has 3 rings (SSSR count). The molecule has 0 aliphatic heterocycles. The van der Waals surface area contributed by atoms with Gasteiger partial charge < -0.3 is 10.1 Å². The van der Waals surface area contributed by atoms with Gasteiger partial charge in [0.2, 0.25) is 15.9 Å². The van der Waals surface area contributed by atoms with Gasteiger partial charge in [-0.1, -0.05) is 60.1 Å². The summed E-state index contributed by atoms with van der Waals surface area (Å²) in [4.78, 5) is 13.2. The highest BCUT2D eigenvalue weighted by molar-refractivity contribution is 7.89. The largest absolute Gasteiger partial charge is 0.492 e. The van der Waals surface area contributed by atoms with Crippen LogP contribution in [-0.2, 0) is 21.2 Å². The van der Waals surface area contributed by atoms with Crippen LogP contribution in [0, 0.1) is 13.8 Å². The van der Waals surface area contributed by atoms with E-state index in [0.717, 1.165) is 16.7 Å². The van der Waals surface area contributed by atoms with Crippen LogP contribution >= 0.6 is 11.6 Å². The van der Waals surface area contributed by atoms with Crippen molar-refractivity contribution in [2.45, 2.75) is 38.1 Å². The number of amides is 1. The molecule has 0 unspecified atom stereocenters. The molecule has 0 spiro atoms. The van der Waals surface area contributed by atoms with Crippen molar-refractivity contribution in [3.05, 3.63) is 88.4 Å². The van der Waals surface area contributed by atoms with Crippen molar-refractivity contribution < 1.29 is 17.9 Å². The molecule has 0 fully saturated rings.